The lowest BCUT2D eigenvalue weighted by Gasteiger charge is -2.46. The summed E-state index contributed by atoms with van der Waals surface area (Å²) in [6.45, 7) is 4.31. The monoisotopic (exact) mass is 484 g/mol. The minimum absolute atomic E-state index is 0.223. The quantitative estimate of drug-likeness (QED) is 0.430. The van der Waals surface area contributed by atoms with Gasteiger partial charge in [0.1, 0.15) is 17.2 Å². The van der Waals surface area contributed by atoms with Crippen molar-refractivity contribution in [2.75, 3.05) is 45.5 Å². The zero-order valence-corrected chi connectivity index (χ0v) is 20.5. The van der Waals surface area contributed by atoms with Gasteiger partial charge in [-0.2, -0.15) is 5.10 Å². The maximum Gasteiger partial charge on any atom is 0.127 e. The normalized spacial score (nSPS) is 18.8. The second-order valence-corrected chi connectivity index (χ2v) is 10.2. The predicted octanol–water partition coefficient (Wildman–Crippen LogP) is 3.79. The largest absolute Gasteiger partial charge is 0.457 e. The molecule has 0 unspecified atom stereocenters. The van der Waals surface area contributed by atoms with Crippen LogP contribution >= 0.6 is 0 Å². The smallest absolute Gasteiger partial charge is 0.127 e. The summed E-state index contributed by atoms with van der Waals surface area (Å²) >= 11 is 0. The summed E-state index contributed by atoms with van der Waals surface area (Å²) in [6.07, 6.45) is 5.18. The average Bonchev–Trinajstić information content (AvgIpc) is 3.25. The fourth-order valence-electron chi connectivity index (χ4n) is 5.33. The number of hydrogen-bond acceptors (Lipinski definition) is 7. The molecule has 186 valence electrons. The van der Waals surface area contributed by atoms with Crippen LogP contribution in [-0.4, -0.2) is 75.0 Å². The number of pyridine rings is 1. The molecular weight excluding hydrogens is 452 g/mol. The Kier molecular flexibility index (Phi) is 5.87. The standard InChI is InChI=1S/C28H32N6O2/c1-32-13-11-28(35,12-14-32)19-33-17-21(18-33)34-25-16-30-15-24(29)26(25)27(31-34)20-7-9-23(10-8-20)36-22-5-3-2-4-6-22/h2-10,15-16,21,35H,11-14,17-19,29H2,1H3. The van der Waals surface area contributed by atoms with E-state index in [4.69, 9.17) is 15.6 Å². The molecule has 36 heavy (non-hydrogen) atoms. The Labute approximate surface area is 210 Å². The summed E-state index contributed by atoms with van der Waals surface area (Å²) in [5.41, 5.74) is 9.19. The molecule has 2 saturated heterocycles. The van der Waals surface area contributed by atoms with Gasteiger partial charge in [0.25, 0.3) is 0 Å². The van der Waals surface area contributed by atoms with E-state index in [2.05, 4.69) is 26.5 Å². The van der Waals surface area contributed by atoms with Gasteiger partial charge in [-0.25, -0.2) is 0 Å². The number of hydrogen-bond donors (Lipinski definition) is 2. The number of aromatic nitrogens is 3. The number of aliphatic hydroxyl groups is 1. The van der Waals surface area contributed by atoms with Gasteiger partial charge in [-0.15, -0.1) is 0 Å². The van der Waals surface area contributed by atoms with E-state index < -0.39 is 5.60 Å². The maximum atomic E-state index is 11.0. The first-order chi connectivity index (χ1) is 17.5. The summed E-state index contributed by atoms with van der Waals surface area (Å²) in [4.78, 5) is 8.96. The van der Waals surface area contributed by atoms with Crippen LogP contribution in [0.15, 0.2) is 67.0 Å². The van der Waals surface area contributed by atoms with Gasteiger partial charge in [-0.1, -0.05) is 18.2 Å². The van der Waals surface area contributed by atoms with Gasteiger partial charge in [-0.05, 0) is 56.3 Å². The molecule has 0 bridgehead atoms. The van der Waals surface area contributed by atoms with Crippen molar-refractivity contribution >= 4 is 16.6 Å². The van der Waals surface area contributed by atoms with Crippen LogP contribution in [0.1, 0.15) is 18.9 Å². The highest BCUT2D eigenvalue weighted by molar-refractivity contribution is 6.01. The topological polar surface area (TPSA) is 92.7 Å². The molecular formula is C28H32N6O2. The van der Waals surface area contributed by atoms with Gasteiger partial charge in [-0.3, -0.25) is 14.6 Å². The van der Waals surface area contributed by atoms with Crippen LogP contribution < -0.4 is 10.5 Å². The third-order valence-electron chi connectivity index (χ3n) is 7.47. The molecule has 3 N–H and O–H groups in total. The van der Waals surface area contributed by atoms with E-state index in [-0.39, 0.29) is 6.04 Å². The minimum atomic E-state index is -0.593. The summed E-state index contributed by atoms with van der Waals surface area (Å²) < 4.78 is 8.02. The third kappa shape index (κ3) is 4.43. The van der Waals surface area contributed by atoms with E-state index in [9.17, 15) is 5.11 Å². The molecule has 2 aliphatic heterocycles. The Hall–Kier alpha value is -3.46. The number of rotatable bonds is 6. The molecule has 0 saturated carbocycles. The summed E-state index contributed by atoms with van der Waals surface area (Å²) in [5.74, 6) is 1.57. The number of anilines is 1. The Morgan fingerprint density at radius 1 is 1.00 bits per heavy atom. The van der Waals surface area contributed by atoms with E-state index in [1.54, 1.807) is 6.20 Å². The number of nitrogens with two attached hydrogens (primary N) is 1. The minimum Gasteiger partial charge on any atom is -0.457 e. The molecule has 2 aromatic heterocycles. The predicted molar refractivity (Wildman–Crippen MR) is 141 cm³/mol. The number of likely N-dealkylation sites (tertiary alicyclic amines) is 2. The highest BCUT2D eigenvalue weighted by Crippen LogP contribution is 2.36. The molecule has 0 amide bonds. The second-order valence-electron chi connectivity index (χ2n) is 10.2. The number of nitrogen functional groups attached to an aromatic ring is 1. The fourth-order valence-corrected chi connectivity index (χ4v) is 5.33. The Morgan fingerprint density at radius 2 is 1.69 bits per heavy atom. The first-order valence-electron chi connectivity index (χ1n) is 12.6. The van der Waals surface area contributed by atoms with Crippen molar-refractivity contribution in [1.29, 1.82) is 0 Å². The molecule has 0 aliphatic carbocycles. The number of para-hydroxylation sites is 1. The third-order valence-corrected chi connectivity index (χ3v) is 7.47. The Balaban J connectivity index is 1.22. The zero-order chi connectivity index (χ0) is 24.7. The van der Waals surface area contributed by atoms with Crippen LogP contribution in [0.5, 0.6) is 11.5 Å². The van der Waals surface area contributed by atoms with Crippen LogP contribution in [0, 0.1) is 0 Å². The molecule has 4 heterocycles. The number of ether oxygens (including phenoxy) is 1. The van der Waals surface area contributed by atoms with Crippen LogP contribution in [0.2, 0.25) is 0 Å². The molecule has 2 aromatic carbocycles. The number of nitrogens with zero attached hydrogens (tertiary/aromatic N) is 5. The lowest BCUT2D eigenvalue weighted by molar-refractivity contribution is -0.0626. The molecule has 0 spiro atoms. The van der Waals surface area contributed by atoms with E-state index in [1.807, 2.05) is 60.8 Å². The van der Waals surface area contributed by atoms with Crippen molar-refractivity contribution in [3.8, 4) is 22.8 Å². The van der Waals surface area contributed by atoms with Gasteiger partial charge in [0.15, 0.2) is 0 Å². The Morgan fingerprint density at radius 3 is 2.42 bits per heavy atom. The lowest BCUT2D eigenvalue weighted by Crippen LogP contribution is -2.56. The van der Waals surface area contributed by atoms with Gasteiger partial charge >= 0.3 is 0 Å². The van der Waals surface area contributed by atoms with Crippen molar-refractivity contribution in [2.24, 2.45) is 0 Å². The van der Waals surface area contributed by atoms with Crippen molar-refractivity contribution in [3.05, 3.63) is 67.0 Å². The van der Waals surface area contributed by atoms with Gasteiger partial charge in [0, 0.05) is 38.3 Å². The highest BCUT2D eigenvalue weighted by Gasteiger charge is 2.38. The molecule has 8 heteroatoms. The van der Waals surface area contributed by atoms with Crippen molar-refractivity contribution in [3.63, 3.8) is 0 Å². The molecule has 4 aromatic rings. The van der Waals surface area contributed by atoms with Gasteiger partial charge in [0.05, 0.1) is 40.6 Å². The fraction of sp³-hybridized carbons (Fsp3) is 0.357. The molecule has 2 aliphatic rings. The SMILES string of the molecule is CN1CCC(O)(CN2CC(n3nc(-c4ccc(Oc5ccccc5)cc4)c4c(N)cncc43)C2)CC1. The van der Waals surface area contributed by atoms with Gasteiger partial charge in [0.2, 0.25) is 0 Å². The number of piperidine rings is 1. The average molecular weight is 485 g/mol. The zero-order valence-electron chi connectivity index (χ0n) is 20.5. The van der Waals surface area contributed by atoms with Crippen LogP contribution in [0.25, 0.3) is 22.2 Å². The van der Waals surface area contributed by atoms with E-state index in [1.165, 1.54) is 0 Å². The first-order valence-corrected chi connectivity index (χ1v) is 12.6. The highest BCUT2D eigenvalue weighted by atomic mass is 16.5. The van der Waals surface area contributed by atoms with Gasteiger partial charge < -0.3 is 20.5 Å². The summed E-state index contributed by atoms with van der Waals surface area (Å²) in [7, 11) is 2.11. The van der Waals surface area contributed by atoms with E-state index in [0.29, 0.717) is 12.2 Å². The van der Waals surface area contributed by atoms with Crippen LogP contribution in [0.3, 0.4) is 0 Å². The molecule has 0 radical (unpaired) electrons. The Bertz CT molecular complexity index is 1340. The number of benzene rings is 2. The molecule has 2 fully saturated rings. The maximum absolute atomic E-state index is 11.0. The molecule has 8 nitrogen and oxygen atoms in total. The van der Waals surface area contributed by atoms with E-state index >= 15 is 0 Å². The van der Waals surface area contributed by atoms with Crippen molar-refractivity contribution < 1.29 is 9.84 Å². The van der Waals surface area contributed by atoms with E-state index in [0.717, 1.165) is 72.7 Å². The summed E-state index contributed by atoms with van der Waals surface area (Å²) in [5, 5.41) is 17.0. The molecule has 0 atom stereocenters. The van der Waals surface area contributed by atoms with Crippen molar-refractivity contribution in [2.45, 2.75) is 24.5 Å². The number of β-amino-alcohol motifs (C(OH)–C–C–N with tert-alkyl or cyclic N) is 1. The second kappa shape index (κ2) is 9.20. The first kappa shape index (κ1) is 23.0. The lowest BCUT2D eigenvalue weighted by atomic mass is 9.89. The number of fused-ring (bicyclic) bond motifs is 1. The summed E-state index contributed by atoms with van der Waals surface area (Å²) in [6, 6.07) is 17.9. The van der Waals surface area contributed by atoms with Crippen molar-refractivity contribution in [1.82, 2.24) is 24.6 Å². The molecule has 6 rings (SSSR count). The van der Waals surface area contributed by atoms with Crippen LogP contribution in [0.4, 0.5) is 5.69 Å². The van der Waals surface area contributed by atoms with Crippen LogP contribution in [-0.2, 0) is 0 Å².